The van der Waals surface area contributed by atoms with Crippen LogP contribution in [-0.4, -0.2) is 28.5 Å². The molecule has 0 saturated heterocycles. The Labute approximate surface area is 162 Å². The van der Waals surface area contributed by atoms with Gasteiger partial charge in [-0.1, -0.05) is 29.8 Å². The number of aromatic amines is 1. The largest absolute Gasteiger partial charge is 0.493 e. The van der Waals surface area contributed by atoms with Gasteiger partial charge in [-0.25, -0.2) is 9.89 Å². The zero-order chi connectivity index (χ0) is 19.9. The Morgan fingerprint density at radius 2 is 1.93 bits per heavy atom. The lowest BCUT2D eigenvalue weighted by Gasteiger charge is -2.11. The Morgan fingerprint density at radius 1 is 1.14 bits per heavy atom. The van der Waals surface area contributed by atoms with Crippen LogP contribution in [0.1, 0.15) is 22.4 Å². The molecule has 3 rings (SSSR count). The highest BCUT2D eigenvalue weighted by Crippen LogP contribution is 2.28. The minimum atomic E-state index is -0.542. The third kappa shape index (κ3) is 4.94. The monoisotopic (exact) mass is 379 g/mol. The molecule has 144 valence electrons. The van der Waals surface area contributed by atoms with Crippen molar-refractivity contribution in [2.45, 2.75) is 20.5 Å². The standard InChI is InChI=1S/C20H21N5O3/c1-13-4-6-15(7-5-13)12-28-17-9-8-16(10-18(17)27-3)11-21-24-19-14(2)23-25-20(26)22-19/h4-11H,12H2,1-3H3,(H2,22,24,25,26)/b21-11-. The van der Waals surface area contributed by atoms with Crippen LogP contribution in [0.2, 0.25) is 0 Å². The molecule has 0 aliphatic rings. The van der Waals surface area contributed by atoms with Crippen LogP contribution in [0.5, 0.6) is 11.5 Å². The van der Waals surface area contributed by atoms with Crippen molar-refractivity contribution in [2.24, 2.45) is 5.10 Å². The van der Waals surface area contributed by atoms with E-state index >= 15 is 0 Å². The summed E-state index contributed by atoms with van der Waals surface area (Å²) in [4.78, 5) is 15.0. The molecule has 0 amide bonds. The van der Waals surface area contributed by atoms with E-state index in [0.29, 0.717) is 29.6 Å². The molecule has 2 N–H and O–H groups in total. The first kappa shape index (κ1) is 19.1. The van der Waals surface area contributed by atoms with Crippen molar-refractivity contribution in [1.82, 2.24) is 15.2 Å². The van der Waals surface area contributed by atoms with E-state index in [1.54, 1.807) is 20.2 Å². The summed E-state index contributed by atoms with van der Waals surface area (Å²) in [5.41, 5.74) is 5.79. The first-order chi connectivity index (χ1) is 13.5. The second-order valence-corrected chi connectivity index (χ2v) is 6.13. The van der Waals surface area contributed by atoms with Crippen LogP contribution in [-0.2, 0) is 6.61 Å². The highest BCUT2D eigenvalue weighted by Gasteiger charge is 2.06. The second kappa shape index (κ2) is 8.81. The molecule has 0 aliphatic carbocycles. The average Bonchev–Trinajstić information content (AvgIpc) is 2.70. The van der Waals surface area contributed by atoms with Crippen molar-refractivity contribution >= 4 is 12.0 Å². The highest BCUT2D eigenvalue weighted by atomic mass is 16.5. The Morgan fingerprint density at radius 3 is 2.68 bits per heavy atom. The fraction of sp³-hybridized carbons (Fsp3) is 0.200. The molecule has 1 heterocycles. The van der Waals surface area contributed by atoms with Crippen LogP contribution >= 0.6 is 0 Å². The third-order valence-corrected chi connectivity index (χ3v) is 3.96. The predicted octanol–water partition coefficient (Wildman–Crippen LogP) is 2.82. The van der Waals surface area contributed by atoms with Crippen molar-refractivity contribution in [3.8, 4) is 11.5 Å². The zero-order valence-electron chi connectivity index (χ0n) is 15.9. The number of hydrogen-bond acceptors (Lipinski definition) is 7. The molecule has 0 fully saturated rings. The summed E-state index contributed by atoms with van der Waals surface area (Å²) in [6.07, 6.45) is 1.59. The van der Waals surface area contributed by atoms with Crippen LogP contribution < -0.4 is 20.6 Å². The molecule has 2 aromatic carbocycles. The molecule has 1 aromatic heterocycles. The van der Waals surface area contributed by atoms with E-state index in [1.165, 1.54) is 5.56 Å². The fourth-order valence-corrected chi connectivity index (χ4v) is 2.40. The molecule has 0 unspecified atom stereocenters. The molecule has 8 heteroatoms. The van der Waals surface area contributed by atoms with Gasteiger partial charge in [-0.15, -0.1) is 0 Å². The van der Waals surface area contributed by atoms with Gasteiger partial charge in [0.1, 0.15) is 12.3 Å². The minimum Gasteiger partial charge on any atom is -0.493 e. The number of hydrazone groups is 1. The van der Waals surface area contributed by atoms with Gasteiger partial charge in [-0.05, 0) is 43.2 Å². The van der Waals surface area contributed by atoms with Crippen LogP contribution in [0.3, 0.4) is 0 Å². The Bertz CT molecular complexity index is 1030. The number of hydrogen-bond donors (Lipinski definition) is 2. The van der Waals surface area contributed by atoms with Gasteiger partial charge in [0.25, 0.3) is 0 Å². The maximum absolute atomic E-state index is 11.2. The SMILES string of the molecule is COc1cc(/C=N\Nc2nc(=O)[nH]nc2C)ccc1OCc1ccc(C)cc1. The number of ether oxygens (including phenoxy) is 2. The lowest BCUT2D eigenvalue weighted by Crippen LogP contribution is -2.15. The van der Waals surface area contributed by atoms with E-state index < -0.39 is 5.69 Å². The van der Waals surface area contributed by atoms with Crippen molar-refractivity contribution in [3.05, 3.63) is 75.3 Å². The summed E-state index contributed by atoms with van der Waals surface area (Å²) in [7, 11) is 1.59. The summed E-state index contributed by atoms with van der Waals surface area (Å²) in [5.74, 6) is 1.54. The number of aryl methyl sites for hydroxylation is 2. The summed E-state index contributed by atoms with van der Waals surface area (Å²) in [6, 6.07) is 13.7. The Balaban J connectivity index is 1.67. The number of methoxy groups -OCH3 is 1. The molecule has 0 radical (unpaired) electrons. The number of H-pyrrole nitrogens is 1. The molecule has 3 aromatic rings. The number of rotatable bonds is 7. The number of nitrogens with one attached hydrogen (secondary N) is 2. The molecule has 28 heavy (non-hydrogen) atoms. The van der Waals surface area contributed by atoms with Crippen molar-refractivity contribution in [1.29, 1.82) is 0 Å². The number of benzene rings is 2. The van der Waals surface area contributed by atoms with E-state index in [1.807, 2.05) is 37.3 Å². The molecule has 0 aliphatic heterocycles. The van der Waals surface area contributed by atoms with Gasteiger partial charge in [-0.3, -0.25) is 5.43 Å². The topological polar surface area (TPSA) is 101 Å². The van der Waals surface area contributed by atoms with E-state index in [0.717, 1.165) is 11.1 Å². The van der Waals surface area contributed by atoms with Gasteiger partial charge in [0.2, 0.25) is 0 Å². The van der Waals surface area contributed by atoms with Gasteiger partial charge in [0, 0.05) is 0 Å². The van der Waals surface area contributed by atoms with Gasteiger partial charge >= 0.3 is 5.69 Å². The summed E-state index contributed by atoms with van der Waals surface area (Å²) in [6.45, 7) is 4.21. The molecule has 0 bridgehead atoms. The summed E-state index contributed by atoms with van der Waals surface area (Å²) in [5, 5.41) is 10.2. The maximum Gasteiger partial charge on any atom is 0.363 e. The smallest absolute Gasteiger partial charge is 0.363 e. The van der Waals surface area contributed by atoms with Gasteiger partial charge in [0.05, 0.1) is 13.3 Å². The summed E-state index contributed by atoms with van der Waals surface area (Å²) < 4.78 is 11.3. The van der Waals surface area contributed by atoms with E-state index in [-0.39, 0.29) is 0 Å². The third-order valence-electron chi connectivity index (χ3n) is 3.96. The number of nitrogens with zero attached hydrogens (tertiary/aromatic N) is 3. The lowest BCUT2D eigenvalue weighted by atomic mass is 10.2. The summed E-state index contributed by atoms with van der Waals surface area (Å²) >= 11 is 0. The van der Waals surface area contributed by atoms with Crippen LogP contribution in [0.25, 0.3) is 0 Å². The van der Waals surface area contributed by atoms with Crippen LogP contribution in [0, 0.1) is 13.8 Å². The van der Waals surface area contributed by atoms with Crippen LogP contribution in [0.4, 0.5) is 5.82 Å². The lowest BCUT2D eigenvalue weighted by molar-refractivity contribution is 0.284. The van der Waals surface area contributed by atoms with Crippen molar-refractivity contribution in [2.75, 3.05) is 12.5 Å². The molecule has 0 spiro atoms. The maximum atomic E-state index is 11.2. The Hall–Kier alpha value is -3.68. The minimum absolute atomic E-state index is 0.296. The van der Waals surface area contributed by atoms with Crippen molar-refractivity contribution < 1.29 is 9.47 Å². The molecule has 0 saturated carbocycles. The molecule has 0 atom stereocenters. The van der Waals surface area contributed by atoms with Gasteiger partial charge in [-0.2, -0.15) is 15.2 Å². The first-order valence-electron chi connectivity index (χ1n) is 8.64. The average molecular weight is 379 g/mol. The molecular formula is C20H21N5O3. The predicted molar refractivity (Wildman–Crippen MR) is 107 cm³/mol. The number of anilines is 1. The van der Waals surface area contributed by atoms with Gasteiger partial charge in [0.15, 0.2) is 17.3 Å². The highest BCUT2D eigenvalue weighted by molar-refractivity contribution is 5.81. The normalized spacial score (nSPS) is 10.8. The number of aromatic nitrogens is 3. The fourth-order valence-electron chi connectivity index (χ4n) is 2.40. The quantitative estimate of drug-likeness (QED) is 0.483. The van der Waals surface area contributed by atoms with Crippen molar-refractivity contribution in [3.63, 3.8) is 0 Å². The van der Waals surface area contributed by atoms with E-state index in [9.17, 15) is 4.79 Å². The molecule has 8 nitrogen and oxygen atoms in total. The molecular weight excluding hydrogens is 358 g/mol. The Kier molecular flexibility index (Phi) is 6.01. The van der Waals surface area contributed by atoms with E-state index in [4.69, 9.17) is 9.47 Å². The second-order valence-electron chi connectivity index (χ2n) is 6.13. The van der Waals surface area contributed by atoms with Crippen LogP contribution in [0.15, 0.2) is 52.4 Å². The van der Waals surface area contributed by atoms with E-state index in [2.05, 4.69) is 37.8 Å². The van der Waals surface area contributed by atoms with Gasteiger partial charge < -0.3 is 9.47 Å². The first-order valence-corrected chi connectivity index (χ1v) is 8.64. The zero-order valence-corrected chi connectivity index (χ0v) is 15.9.